The van der Waals surface area contributed by atoms with Crippen LogP contribution in [0.5, 0.6) is 0 Å². The zero-order chi connectivity index (χ0) is 15.3. The molecular weight excluding hydrogens is 276 g/mol. The molecule has 6 nitrogen and oxygen atoms in total. The Kier molecular flexibility index (Phi) is 3.64. The fourth-order valence-electron chi connectivity index (χ4n) is 3.03. The van der Waals surface area contributed by atoms with Crippen LogP contribution in [-0.2, 0) is 28.4 Å². The molecule has 3 fully saturated rings. The van der Waals surface area contributed by atoms with Gasteiger partial charge in [-0.2, -0.15) is 0 Å². The molecule has 0 saturated carbocycles. The fraction of sp³-hybridized carbons (Fsp3) is 0.800. The van der Waals surface area contributed by atoms with Gasteiger partial charge in [0.1, 0.15) is 37.3 Å². The maximum atomic E-state index is 6.00. The third kappa shape index (κ3) is 2.88. The molecule has 0 bridgehead atoms. The number of fused-ring (bicyclic) bond motifs is 3. The van der Waals surface area contributed by atoms with Crippen molar-refractivity contribution in [2.24, 2.45) is 0 Å². The molecule has 0 aromatic carbocycles. The molecule has 0 N–H and O–H groups in total. The maximum Gasteiger partial charge on any atom is 0.190 e. The van der Waals surface area contributed by atoms with Crippen LogP contribution in [-0.4, -0.2) is 48.9 Å². The van der Waals surface area contributed by atoms with Crippen LogP contribution in [0.1, 0.15) is 27.7 Å². The van der Waals surface area contributed by atoms with E-state index in [0.29, 0.717) is 6.61 Å². The van der Waals surface area contributed by atoms with Gasteiger partial charge in [-0.05, 0) is 27.7 Å². The van der Waals surface area contributed by atoms with Crippen LogP contribution in [0.15, 0.2) is 18.6 Å². The van der Waals surface area contributed by atoms with Crippen molar-refractivity contribution in [3.63, 3.8) is 0 Å². The summed E-state index contributed by atoms with van der Waals surface area (Å²) in [5.41, 5.74) is 2.56. The highest BCUT2D eigenvalue weighted by Gasteiger charge is 2.60. The van der Waals surface area contributed by atoms with E-state index in [0.717, 1.165) is 0 Å². The Balaban J connectivity index is 1.79. The summed E-state index contributed by atoms with van der Waals surface area (Å²) >= 11 is 0. The Morgan fingerprint density at radius 2 is 1.62 bits per heavy atom. The second-order valence-corrected chi connectivity index (χ2v) is 6.36. The fourth-order valence-corrected chi connectivity index (χ4v) is 3.03. The van der Waals surface area contributed by atoms with Crippen molar-refractivity contribution in [1.29, 1.82) is 0 Å². The van der Waals surface area contributed by atoms with Crippen molar-refractivity contribution in [2.45, 2.75) is 70.0 Å². The van der Waals surface area contributed by atoms with Gasteiger partial charge in [0.05, 0.1) is 0 Å². The molecule has 5 atom stereocenters. The second kappa shape index (κ2) is 5.09. The van der Waals surface area contributed by atoms with Crippen LogP contribution < -0.4 is 0 Å². The Labute approximate surface area is 124 Å². The Morgan fingerprint density at radius 1 is 1.00 bits per heavy atom. The zero-order valence-corrected chi connectivity index (χ0v) is 12.8. The minimum atomic E-state index is -0.702. The monoisotopic (exact) mass is 298 g/mol. The smallest absolute Gasteiger partial charge is 0.190 e. The van der Waals surface area contributed by atoms with Gasteiger partial charge in [0.25, 0.3) is 0 Å². The summed E-state index contributed by atoms with van der Waals surface area (Å²) in [6, 6.07) is 0. The van der Waals surface area contributed by atoms with E-state index in [4.69, 9.17) is 28.4 Å². The Bertz CT molecular complexity index is 453. The average Bonchev–Trinajstić information content (AvgIpc) is 2.84. The van der Waals surface area contributed by atoms with Crippen molar-refractivity contribution in [3.8, 4) is 0 Å². The van der Waals surface area contributed by atoms with E-state index >= 15 is 0 Å². The SMILES string of the molecule is C=C=COC[C@H]1O[C@@H]2OC(C)(C)O[C@@H]2[C@H]2OC(C)(C)O[C@H]21. The molecule has 0 spiro atoms. The Morgan fingerprint density at radius 3 is 2.33 bits per heavy atom. The minimum Gasteiger partial charge on any atom is -0.490 e. The maximum absolute atomic E-state index is 6.00. The van der Waals surface area contributed by atoms with E-state index in [1.54, 1.807) is 0 Å². The first-order valence-electron chi connectivity index (χ1n) is 7.14. The van der Waals surface area contributed by atoms with Crippen molar-refractivity contribution >= 4 is 0 Å². The molecule has 0 aromatic rings. The van der Waals surface area contributed by atoms with Crippen molar-refractivity contribution in [1.82, 2.24) is 0 Å². The highest BCUT2D eigenvalue weighted by atomic mass is 16.9. The summed E-state index contributed by atoms with van der Waals surface area (Å²) in [6.07, 6.45) is -0.210. The van der Waals surface area contributed by atoms with Crippen LogP contribution in [0, 0.1) is 0 Å². The predicted octanol–water partition coefficient (Wildman–Crippen LogP) is 1.70. The van der Waals surface area contributed by atoms with Gasteiger partial charge in [-0.1, -0.05) is 12.3 Å². The highest BCUT2D eigenvalue weighted by molar-refractivity contribution is 5.00. The third-order valence-electron chi connectivity index (χ3n) is 3.68. The molecule has 0 radical (unpaired) electrons. The molecule has 6 heteroatoms. The molecule has 0 aromatic heterocycles. The quantitative estimate of drug-likeness (QED) is 0.584. The lowest BCUT2D eigenvalue weighted by Gasteiger charge is -2.36. The Hall–Kier alpha value is -0.880. The lowest BCUT2D eigenvalue weighted by molar-refractivity contribution is -0.240. The first-order valence-corrected chi connectivity index (χ1v) is 7.14. The summed E-state index contributed by atoms with van der Waals surface area (Å²) in [7, 11) is 0. The van der Waals surface area contributed by atoms with Gasteiger partial charge >= 0.3 is 0 Å². The molecule has 0 amide bonds. The van der Waals surface area contributed by atoms with E-state index in [2.05, 4.69) is 12.3 Å². The molecule has 118 valence electrons. The number of ether oxygens (including phenoxy) is 6. The van der Waals surface area contributed by atoms with Gasteiger partial charge in [0.15, 0.2) is 17.9 Å². The molecule has 3 aliphatic heterocycles. The largest absolute Gasteiger partial charge is 0.490 e. The normalized spacial score (nSPS) is 42.8. The van der Waals surface area contributed by atoms with E-state index in [1.807, 2.05) is 27.7 Å². The lowest BCUT2D eigenvalue weighted by Crippen LogP contribution is -2.56. The van der Waals surface area contributed by atoms with Crippen molar-refractivity contribution < 1.29 is 28.4 Å². The summed E-state index contributed by atoms with van der Waals surface area (Å²) < 4.78 is 35.0. The molecule has 3 aliphatic rings. The predicted molar refractivity (Wildman–Crippen MR) is 72.2 cm³/mol. The standard InChI is InChI=1S/C15H22O6/c1-6-7-16-8-9-10-11(19-14(2,3)18-10)12-13(17-9)21-15(4,5)20-12/h7,9-13H,1,8H2,2-5H3/t9-,10+,11+,12-,13-/m1/s1. The van der Waals surface area contributed by atoms with Crippen LogP contribution >= 0.6 is 0 Å². The molecule has 21 heavy (non-hydrogen) atoms. The molecule has 3 heterocycles. The molecule has 0 aliphatic carbocycles. The summed E-state index contributed by atoms with van der Waals surface area (Å²) in [5, 5.41) is 0. The van der Waals surface area contributed by atoms with E-state index in [9.17, 15) is 0 Å². The van der Waals surface area contributed by atoms with E-state index in [-0.39, 0.29) is 24.4 Å². The van der Waals surface area contributed by atoms with Gasteiger partial charge < -0.3 is 28.4 Å². The van der Waals surface area contributed by atoms with Gasteiger partial charge in [0, 0.05) is 0 Å². The first-order chi connectivity index (χ1) is 9.81. The van der Waals surface area contributed by atoms with E-state index < -0.39 is 17.9 Å². The summed E-state index contributed by atoms with van der Waals surface area (Å²) in [6.45, 7) is 11.2. The lowest BCUT2D eigenvalue weighted by atomic mass is 9.99. The molecule has 0 unspecified atom stereocenters. The molecular formula is C15H22O6. The average molecular weight is 298 g/mol. The second-order valence-electron chi connectivity index (χ2n) is 6.36. The molecule has 3 saturated heterocycles. The van der Waals surface area contributed by atoms with Gasteiger partial charge in [0.2, 0.25) is 0 Å². The number of hydrogen-bond acceptors (Lipinski definition) is 6. The van der Waals surface area contributed by atoms with Crippen LogP contribution in [0.25, 0.3) is 0 Å². The van der Waals surface area contributed by atoms with E-state index in [1.165, 1.54) is 6.26 Å². The molecule has 3 rings (SSSR count). The van der Waals surface area contributed by atoms with Crippen LogP contribution in [0.4, 0.5) is 0 Å². The minimum absolute atomic E-state index is 0.248. The highest BCUT2D eigenvalue weighted by Crippen LogP contribution is 2.44. The topological polar surface area (TPSA) is 55.4 Å². The van der Waals surface area contributed by atoms with Crippen molar-refractivity contribution in [3.05, 3.63) is 18.6 Å². The van der Waals surface area contributed by atoms with Crippen LogP contribution in [0.2, 0.25) is 0 Å². The van der Waals surface area contributed by atoms with Gasteiger partial charge in [-0.15, -0.1) is 0 Å². The van der Waals surface area contributed by atoms with Crippen molar-refractivity contribution in [2.75, 3.05) is 6.61 Å². The first kappa shape index (κ1) is 15.0. The van der Waals surface area contributed by atoms with Crippen LogP contribution in [0.3, 0.4) is 0 Å². The summed E-state index contributed by atoms with van der Waals surface area (Å²) in [5.74, 6) is -1.39. The third-order valence-corrected chi connectivity index (χ3v) is 3.68. The summed E-state index contributed by atoms with van der Waals surface area (Å²) in [4.78, 5) is 0. The van der Waals surface area contributed by atoms with Gasteiger partial charge in [-0.25, -0.2) is 0 Å². The number of hydrogen-bond donors (Lipinski definition) is 0. The number of rotatable bonds is 3. The van der Waals surface area contributed by atoms with Gasteiger partial charge in [-0.3, -0.25) is 0 Å². The zero-order valence-electron chi connectivity index (χ0n) is 12.8.